The molecule has 140 valence electrons. The summed E-state index contributed by atoms with van der Waals surface area (Å²) in [4.78, 5) is 0. The van der Waals surface area contributed by atoms with E-state index in [9.17, 15) is 8.78 Å². The first kappa shape index (κ1) is 18.3. The van der Waals surface area contributed by atoms with Crippen molar-refractivity contribution in [3.05, 3.63) is 107 Å². The van der Waals surface area contributed by atoms with E-state index in [1.807, 2.05) is 30.3 Å². The number of aromatic nitrogens is 4. The maximum absolute atomic E-state index is 13.4. The van der Waals surface area contributed by atoms with Crippen molar-refractivity contribution < 1.29 is 8.78 Å². The Morgan fingerprint density at radius 1 is 0.786 bits per heavy atom. The SMILES string of the molecule is Fc1ccc(C(SCc2nnnn2-c2ccccc2)c2ccc(F)cc2)cc1. The molecule has 3 aromatic carbocycles. The van der Waals surface area contributed by atoms with Gasteiger partial charge in [0.25, 0.3) is 0 Å². The van der Waals surface area contributed by atoms with Crippen LogP contribution in [0.25, 0.3) is 5.69 Å². The molecule has 7 heteroatoms. The maximum Gasteiger partial charge on any atom is 0.166 e. The second-order valence-electron chi connectivity index (χ2n) is 6.14. The summed E-state index contributed by atoms with van der Waals surface area (Å²) in [6.07, 6.45) is 0. The van der Waals surface area contributed by atoms with Crippen LogP contribution in [-0.2, 0) is 5.75 Å². The smallest absolute Gasteiger partial charge is 0.166 e. The van der Waals surface area contributed by atoms with Crippen molar-refractivity contribution in [1.29, 1.82) is 0 Å². The van der Waals surface area contributed by atoms with Crippen LogP contribution in [-0.4, -0.2) is 20.2 Å². The fourth-order valence-corrected chi connectivity index (χ4v) is 4.08. The molecule has 0 amide bonds. The highest BCUT2D eigenvalue weighted by molar-refractivity contribution is 7.98. The molecule has 0 unspecified atom stereocenters. The minimum atomic E-state index is -0.292. The summed E-state index contributed by atoms with van der Waals surface area (Å²) in [6.45, 7) is 0. The molecule has 4 rings (SSSR count). The fraction of sp³-hybridized carbons (Fsp3) is 0.0952. The summed E-state index contributed by atoms with van der Waals surface area (Å²) in [5.74, 6) is 0.645. The van der Waals surface area contributed by atoms with Gasteiger partial charge in [0.2, 0.25) is 0 Å². The molecule has 0 N–H and O–H groups in total. The normalized spacial score (nSPS) is 11.1. The quantitative estimate of drug-likeness (QED) is 0.463. The van der Waals surface area contributed by atoms with Gasteiger partial charge in [0.15, 0.2) is 5.82 Å². The van der Waals surface area contributed by atoms with E-state index in [1.165, 1.54) is 24.3 Å². The molecule has 0 spiro atoms. The molecule has 1 heterocycles. The van der Waals surface area contributed by atoms with Gasteiger partial charge in [0, 0.05) is 0 Å². The molecular formula is C21H16F2N4S. The average Bonchev–Trinajstić information content (AvgIpc) is 3.20. The Kier molecular flexibility index (Phi) is 5.43. The van der Waals surface area contributed by atoms with Crippen molar-refractivity contribution in [3.8, 4) is 5.69 Å². The second kappa shape index (κ2) is 8.31. The van der Waals surface area contributed by atoms with E-state index < -0.39 is 0 Å². The molecule has 0 aliphatic rings. The summed E-state index contributed by atoms with van der Waals surface area (Å²) in [6, 6.07) is 22.4. The first-order valence-electron chi connectivity index (χ1n) is 8.66. The Hall–Kier alpha value is -3.06. The molecule has 4 nitrogen and oxygen atoms in total. The molecule has 0 aliphatic heterocycles. The summed E-state index contributed by atoms with van der Waals surface area (Å²) in [7, 11) is 0. The van der Waals surface area contributed by atoms with Gasteiger partial charge >= 0.3 is 0 Å². The lowest BCUT2D eigenvalue weighted by Crippen LogP contribution is -2.04. The highest BCUT2D eigenvalue weighted by Gasteiger charge is 2.18. The minimum absolute atomic E-state index is 0.109. The number of halogens is 2. The molecule has 0 saturated heterocycles. The third-order valence-corrected chi connectivity index (χ3v) is 5.56. The predicted octanol–water partition coefficient (Wildman–Crippen LogP) is 4.96. The van der Waals surface area contributed by atoms with Gasteiger partial charge < -0.3 is 0 Å². The predicted molar refractivity (Wildman–Crippen MR) is 105 cm³/mol. The lowest BCUT2D eigenvalue weighted by molar-refractivity contribution is 0.626. The molecule has 4 aromatic rings. The number of rotatable bonds is 6. The van der Waals surface area contributed by atoms with Crippen LogP contribution in [0.5, 0.6) is 0 Å². The van der Waals surface area contributed by atoms with Crippen LogP contribution in [0.1, 0.15) is 22.2 Å². The molecular weight excluding hydrogens is 378 g/mol. The van der Waals surface area contributed by atoms with Crippen LogP contribution in [0.2, 0.25) is 0 Å². The minimum Gasteiger partial charge on any atom is -0.207 e. The Labute approximate surface area is 165 Å². The van der Waals surface area contributed by atoms with Crippen molar-refractivity contribution in [2.75, 3.05) is 0 Å². The second-order valence-corrected chi connectivity index (χ2v) is 7.23. The highest BCUT2D eigenvalue weighted by Crippen LogP contribution is 2.37. The average molecular weight is 394 g/mol. The third kappa shape index (κ3) is 4.09. The standard InChI is InChI=1S/C21H16F2N4S/c22-17-10-6-15(7-11-17)21(16-8-12-18(23)13-9-16)28-14-20-24-25-26-27(20)19-4-2-1-3-5-19/h1-13,21H,14H2. The summed E-state index contributed by atoms with van der Waals surface area (Å²) >= 11 is 1.60. The number of benzene rings is 3. The number of thioether (sulfide) groups is 1. The highest BCUT2D eigenvalue weighted by atomic mass is 32.2. The molecule has 0 atom stereocenters. The zero-order valence-electron chi connectivity index (χ0n) is 14.7. The van der Waals surface area contributed by atoms with Crippen molar-refractivity contribution in [2.45, 2.75) is 11.0 Å². The van der Waals surface area contributed by atoms with Crippen molar-refractivity contribution in [1.82, 2.24) is 20.2 Å². The number of nitrogens with zero attached hydrogens (tertiary/aromatic N) is 4. The van der Waals surface area contributed by atoms with Gasteiger partial charge in [0.1, 0.15) is 11.6 Å². The van der Waals surface area contributed by atoms with E-state index in [0.717, 1.165) is 16.8 Å². The first-order valence-corrected chi connectivity index (χ1v) is 9.71. The summed E-state index contributed by atoms with van der Waals surface area (Å²) < 4.78 is 28.4. The first-order chi connectivity index (χ1) is 13.7. The molecule has 0 aliphatic carbocycles. The van der Waals surface area contributed by atoms with Gasteiger partial charge in [-0.2, -0.15) is 4.68 Å². The van der Waals surface area contributed by atoms with Crippen LogP contribution < -0.4 is 0 Å². The Morgan fingerprint density at radius 3 is 1.93 bits per heavy atom. The van der Waals surface area contributed by atoms with Crippen molar-refractivity contribution in [2.24, 2.45) is 0 Å². The van der Waals surface area contributed by atoms with E-state index in [-0.39, 0.29) is 16.9 Å². The topological polar surface area (TPSA) is 43.6 Å². The van der Waals surface area contributed by atoms with Gasteiger partial charge in [-0.3, -0.25) is 0 Å². The Balaban J connectivity index is 1.61. The van der Waals surface area contributed by atoms with E-state index in [1.54, 1.807) is 40.7 Å². The number of hydrogen-bond donors (Lipinski definition) is 0. The molecule has 1 aromatic heterocycles. The van der Waals surface area contributed by atoms with Crippen molar-refractivity contribution >= 4 is 11.8 Å². The molecule has 0 radical (unpaired) electrons. The molecule has 0 bridgehead atoms. The summed E-state index contributed by atoms with van der Waals surface area (Å²) in [5, 5.41) is 11.9. The Bertz CT molecular complexity index is 989. The molecule has 28 heavy (non-hydrogen) atoms. The van der Waals surface area contributed by atoms with E-state index >= 15 is 0 Å². The third-order valence-electron chi connectivity index (χ3n) is 4.26. The molecule has 0 fully saturated rings. The van der Waals surface area contributed by atoms with E-state index in [0.29, 0.717) is 11.6 Å². The van der Waals surface area contributed by atoms with Crippen LogP contribution in [0.15, 0.2) is 78.9 Å². The van der Waals surface area contributed by atoms with E-state index in [2.05, 4.69) is 15.5 Å². The molecule has 0 saturated carbocycles. The zero-order valence-corrected chi connectivity index (χ0v) is 15.6. The lowest BCUT2D eigenvalue weighted by Gasteiger charge is -2.17. The monoisotopic (exact) mass is 394 g/mol. The van der Waals surface area contributed by atoms with Gasteiger partial charge in [-0.15, -0.1) is 16.9 Å². The fourth-order valence-electron chi connectivity index (χ4n) is 2.88. The maximum atomic E-state index is 13.4. The zero-order chi connectivity index (χ0) is 19.3. The van der Waals surface area contributed by atoms with Gasteiger partial charge in [0.05, 0.1) is 16.7 Å². The van der Waals surface area contributed by atoms with E-state index in [4.69, 9.17) is 0 Å². The van der Waals surface area contributed by atoms with Gasteiger partial charge in [-0.05, 0) is 58.0 Å². The van der Waals surface area contributed by atoms with Crippen molar-refractivity contribution in [3.63, 3.8) is 0 Å². The lowest BCUT2D eigenvalue weighted by atomic mass is 10.0. The van der Waals surface area contributed by atoms with Crippen LogP contribution in [0, 0.1) is 11.6 Å². The van der Waals surface area contributed by atoms with Gasteiger partial charge in [-0.1, -0.05) is 42.5 Å². The van der Waals surface area contributed by atoms with Crippen LogP contribution in [0.4, 0.5) is 8.78 Å². The largest absolute Gasteiger partial charge is 0.207 e. The Morgan fingerprint density at radius 2 is 1.36 bits per heavy atom. The van der Waals surface area contributed by atoms with Crippen LogP contribution in [0.3, 0.4) is 0 Å². The van der Waals surface area contributed by atoms with Crippen LogP contribution >= 0.6 is 11.8 Å². The number of para-hydroxylation sites is 1. The number of hydrogen-bond acceptors (Lipinski definition) is 4. The van der Waals surface area contributed by atoms with Gasteiger partial charge in [-0.25, -0.2) is 8.78 Å². The summed E-state index contributed by atoms with van der Waals surface area (Å²) in [5.41, 5.74) is 2.73. The number of tetrazole rings is 1.